The SMILES string of the molecule is CC(=O)O[C@@H]1[C@@H](OC(C)=O)[C@H](OC(C)=O)CS[C@H]1Oc1cc(-c2cnn(C)c2)ccc1Cl. The first-order chi connectivity index (χ1) is 15.1. The Bertz CT molecular complexity index is 1010. The monoisotopic (exact) mass is 482 g/mol. The molecule has 0 amide bonds. The van der Waals surface area contributed by atoms with Crippen LogP contribution < -0.4 is 4.74 Å². The number of hydrogen-bond donors (Lipinski definition) is 0. The number of aryl methyl sites for hydroxylation is 1. The molecule has 0 N–H and O–H groups in total. The van der Waals surface area contributed by atoms with Crippen molar-refractivity contribution in [3.05, 3.63) is 35.6 Å². The summed E-state index contributed by atoms with van der Waals surface area (Å²) in [6, 6.07) is 5.28. The van der Waals surface area contributed by atoms with E-state index in [4.69, 9.17) is 30.5 Å². The average Bonchev–Trinajstić information content (AvgIpc) is 3.13. The second kappa shape index (κ2) is 10.3. The Balaban J connectivity index is 1.90. The lowest BCUT2D eigenvalue weighted by Crippen LogP contribution is -2.55. The Hall–Kier alpha value is -2.72. The minimum Gasteiger partial charge on any atom is -0.474 e. The second-order valence-electron chi connectivity index (χ2n) is 7.16. The van der Waals surface area contributed by atoms with E-state index in [1.165, 1.54) is 32.5 Å². The van der Waals surface area contributed by atoms with Gasteiger partial charge in [0.05, 0.1) is 11.2 Å². The van der Waals surface area contributed by atoms with Gasteiger partial charge in [-0.05, 0) is 17.7 Å². The number of nitrogens with zero attached hydrogens (tertiary/aromatic N) is 2. The number of carbonyl (C=O) groups is 3. The molecule has 1 aromatic heterocycles. The van der Waals surface area contributed by atoms with E-state index >= 15 is 0 Å². The second-order valence-corrected chi connectivity index (χ2v) is 8.70. The number of carbonyl (C=O) groups excluding carboxylic acids is 3. The highest BCUT2D eigenvalue weighted by atomic mass is 35.5. The van der Waals surface area contributed by atoms with Crippen LogP contribution in [-0.4, -0.2) is 57.2 Å². The summed E-state index contributed by atoms with van der Waals surface area (Å²) in [4.78, 5) is 35.1. The minimum absolute atomic E-state index is 0.264. The van der Waals surface area contributed by atoms with Gasteiger partial charge in [-0.25, -0.2) is 0 Å². The van der Waals surface area contributed by atoms with Crippen molar-refractivity contribution in [1.29, 1.82) is 0 Å². The standard InChI is InChI=1S/C21H23ClN2O7S/c1-11(25)28-18-10-32-21(20(30-13(3)27)19(18)29-12(2)26)31-17-7-14(5-6-16(17)22)15-8-23-24(4)9-15/h5-9,18-21H,10H2,1-4H3/t18-,19+,20-,21-/m1/s1. The summed E-state index contributed by atoms with van der Waals surface area (Å²) >= 11 is 7.62. The van der Waals surface area contributed by atoms with Crippen LogP contribution in [0.1, 0.15) is 20.8 Å². The third-order valence-electron chi connectivity index (χ3n) is 4.52. The van der Waals surface area contributed by atoms with Gasteiger partial charge in [-0.1, -0.05) is 17.7 Å². The third-order valence-corrected chi connectivity index (χ3v) is 6.04. The molecule has 1 aromatic carbocycles. The molecule has 4 atom stereocenters. The number of rotatable bonds is 6. The van der Waals surface area contributed by atoms with Crippen molar-refractivity contribution in [2.75, 3.05) is 5.75 Å². The highest BCUT2D eigenvalue weighted by Gasteiger charge is 2.47. The molecule has 11 heteroatoms. The van der Waals surface area contributed by atoms with E-state index < -0.39 is 41.7 Å². The van der Waals surface area contributed by atoms with E-state index in [1.54, 1.807) is 23.0 Å². The lowest BCUT2D eigenvalue weighted by Gasteiger charge is -2.40. The van der Waals surface area contributed by atoms with Crippen LogP contribution in [0.3, 0.4) is 0 Å². The molecule has 0 radical (unpaired) electrons. The smallest absolute Gasteiger partial charge is 0.303 e. The molecule has 1 aliphatic heterocycles. The first kappa shape index (κ1) is 23.9. The lowest BCUT2D eigenvalue weighted by molar-refractivity contribution is -0.186. The van der Waals surface area contributed by atoms with Gasteiger partial charge in [-0.3, -0.25) is 19.1 Å². The highest BCUT2D eigenvalue weighted by Crippen LogP contribution is 2.37. The zero-order valence-corrected chi connectivity index (χ0v) is 19.5. The van der Waals surface area contributed by atoms with Crippen LogP contribution in [0.25, 0.3) is 11.1 Å². The van der Waals surface area contributed by atoms with Gasteiger partial charge in [-0.2, -0.15) is 5.10 Å². The predicted octanol–water partition coefficient (Wildman–Crippen LogP) is 2.99. The molecule has 0 aliphatic carbocycles. The van der Waals surface area contributed by atoms with Gasteiger partial charge in [0.1, 0.15) is 5.75 Å². The van der Waals surface area contributed by atoms with Gasteiger partial charge < -0.3 is 18.9 Å². The molecule has 0 unspecified atom stereocenters. The number of halogens is 1. The van der Waals surface area contributed by atoms with Gasteiger partial charge >= 0.3 is 17.9 Å². The average molecular weight is 483 g/mol. The fraction of sp³-hybridized carbons (Fsp3) is 0.429. The zero-order chi connectivity index (χ0) is 23.4. The van der Waals surface area contributed by atoms with E-state index in [0.717, 1.165) is 11.1 Å². The predicted molar refractivity (Wildman–Crippen MR) is 117 cm³/mol. The summed E-state index contributed by atoms with van der Waals surface area (Å²) in [6.45, 7) is 3.71. The highest BCUT2D eigenvalue weighted by molar-refractivity contribution is 7.99. The van der Waals surface area contributed by atoms with Crippen molar-refractivity contribution in [1.82, 2.24) is 9.78 Å². The largest absolute Gasteiger partial charge is 0.474 e. The van der Waals surface area contributed by atoms with E-state index in [-0.39, 0.29) is 5.75 Å². The molecule has 1 saturated heterocycles. The molecule has 2 heterocycles. The van der Waals surface area contributed by atoms with Crippen molar-refractivity contribution < 1.29 is 33.3 Å². The maximum atomic E-state index is 11.8. The van der Waals surface area contributed by atoms with Crippen LogP contribution in [0.15, 0.2) is 30.6 Å². The lowest BCUT2D eigenvalue weighted by atomic mass is 10.1. The molecular weight excluding hydrogens is 460 g/mol. The molecule has 3 rings (SSSR count). The van der Waals surface area contributed by atoms with Gasteiger partial charge in [0.25, 0.3) is 0 Å². The van der Waals surface area contributed by atoms with Crippen LogP contribution in [0.4, 0.5) is 0 Å². The van der Waals surface area contributed by atoms with Gasteiger partial charge in [0, 0.05) is 45.3 Å². The van der Waals surface area contributed by atoms with E-state index in [1.807, 2.05) is 19.3 Å². The normalized spacial score (nSPS) is 22.7. The summed E-state index contributed by atoms with van der Waals surface area (Å²) in [6.07, 6.45) is 0.696. The number of benzene rings is 1. The molecule has 0 bridgehead atoms. The van der Waals surface area contributed by atoms with E-state index in [9.17, 15) is 14.4 Å². The number of aromatic nitrogens is 2. The molecule has 2 aromatic rings. The number of thioether (sulfide) groups is 1. The van der Waals surface area contributed by atoms with Gasteiger partial charge in [-0.15, -0.1) is 11.8 Å². The Labute approximate surface area is 194 Å². The maximum Gasteiger partial charge on any atom is 0.303 e. The minimum atomic E-state index is -1.04. The summed E-state index contributed by atoms with van der Waals surface area (Å²) in [5, 5.41) is 4.52. The summed E-state index contributed by atoms with van der Waals surface area (Å²) in [5.74, 6) is -1.12. The first-order valence-corrected chi connectivity index (χ1v) is 11.1. The molecule has 1 fully saturated rings. The van der Waals surface area contributed by atoms with E-state index in [2.05, 4.69) is 5.10 Å². The van der Waals surface area contributed by atoms with Crippen LogP contribution >= 0.6 is 23.4 Å². The summed E-state index contributed by atoms with van der Waals surface area (Å²) < 4.78 is 23.9. The molecular formula is C21H23ClN2O7S. The zero-order valence-electron chi connectivity index (χ0n) is 17.9. The Morgan fingerprint density at radius 1 is 1.03 bits per heavy atom. The van der Waals surface area contributed by atoms with Crippen molar-refractivity contribution >= 4 is 41.3 Å². The first-order valence-electron chi connectivity index (χ1n) is 9.72. The molecule has 0 saturated carbocycles. The molecule has 32 heavy (non-hydrogen) atoms. The topological polar surface area (TPSA) is 106 Å². The van der Waals surface area contributed by atoms with Crippen LogP contribution in [0.5, 0.6) is 5.75 Å². The number of hydrogen-bond acceptors (Lipinski definition) is 9. The quantitative estimate of drug-likeness (QED) is 0.453. The van der Waals surface area contributed by atoms with Crippen molar-refractivity contribution in [2.24, 2.45) is 7.05 Å². The number of ether oxygens (including phenoxy) is 4. The molecule has 172 valence electrons. The Morgan fingerprint density at radius 2 is 1.69 bits per heavy atom. The molecule has 0 spiro atoms. The fourth-order valence-corrected chi connectivity index (χ4v) is 4.65. The van der Waals surface area contributed by atoms with Crippen LogP contribution in [-0.2, 0) is 35.6 Å². The number of esters is 3. The van der Waals surface area contributed by atoms with Crippen molar-refractivity contribution in [2.45, 2.75) is 44.5 Å². The van der Waals surface area contributed by atoms with Crippen molar-refractivity contribution in [3.8, 4) is 16.9 Å². The Kier molecular flexibility index (Phi) is 7.68. The third kappa shape index (κ3) is 5.95. The van der Waals surface area contributed by atoms with E-state index in [0.29, 0.717) is 10.8 Å². The van der Waals surface area contributed by atoms with Crippen LogP contribution in [0, 0.1) is 0 Å². The maximum absolute atomic E-state index is 11.8. The van der Waals surface area contributed by atoms with Crippen LogP contribution in [0.2, 0.25) is 5.02 Å². The Morgan fingerprint density at radius 3 is 2.28 bits per heavy atom. The van der Waals surface area contributed by atoms with Gasteiger partial charge in [0.2, 0.25) is 0 Å². The molecule has 1 aliphatic rings. The fourth-order valence-electron chi connectivity index (χ4n) is 3.28. The molecule has 9 nitrogen and oxygen atoms in total. The van der Waals surface area contributed by atoms with Crippen molar-refractivity contribution in [3.63, 3.8) is 0 Å². The summed E-state index contributed by atoms with van der Waals surface area (Å²) in [5.41, 5.74) is 0.933. The summed E-state index contributed by atoms with van der Waals surface area (Å²) in [7, 11) is 1.81. The van der Waals surface area contributed by atoms with Gasteiger partial charge in [0.15, 0.2) is 23.7 Å².